The second kappa shape index (κ2) is 5.87. The SMILES string of the molecule is CCC1CCN(CC(=O)Nc2ccc(N)cc2)C1. The van der Waals surface area contributed by atoms with E-state index in [9.17, 15) is 4.79 Å². The molecule has 3 N–H and O–H groups in total. The van der Waals surface area contributed by atoms with Gasteiger partial charge in [0.1, 0.15) is 0 Å². The minimum atomic E-state index is 0.0523. The number of benzene rings is 1. The molecule has 0 radical (unpaired) electrons. The smallest absolute Gasteiger partial charge is 0.238 e. The summed E-state index contributed by atoms with van der Waals surface area (Å²) in [5.74, 6) is 0.811. The van der Waals surface area contributed by atoms with Crippen LogP contribution in [0.25, 0.3) is 0 Å². The fourth-order valence-electron chi connectivity index (χ4n) is 2.36. The Balaban J connectivity index is 1.80. The van der Waals surface area contributed by atoms with Crippen molar-refractivity contribution in [3.05, 3.63) is 24.3 Å². The summed E-state index contributed by atoms with van der Waals surface area (Å²) >= 11 is 0. The molecule has 1 aliphatic heterocycles. The van der Waals surface area contributed by atoms with Crippen LogP contribution in [0, 0.1) is 5.92 Å². The minimum Gasteiger partial charge on any atom is -0.399 e. The lowest BCUT2D eigenvalue weighted by Gasteiger charge is -2.15. The molecular weight excluding hydrogens is 226 g/mol. The van der Waals surface area contributed by atoms with E-state index in [-0.39, 0.29) is 5.91 Å². The molecule has 0 aliphatic carbocycles. The van der Waals surface area contributed by atoms with Crippen LogP contribution in [-0.4, -0.2) is 30.4 Å². The number of carbonyl (C=O) groups excluding carboxylic acids is 1. The molecule has 2 rings (SSSR count). The number of amides is 1. The normalized spacial score (nSPS) is 19.9. The van der Waals surface area contributed by atoms with E-state index in [2.05, 4.69) is 17.1 Å². The summed E-state index contributed by atoms with van der Waals surface area (Å²) in [6, 6.07) is 7.23. The number of carbonyl (C=O) groups is 1. The molecule has 1 fully saturated rings. The van der Waals surface area contributed by atoms with Crippen molar-refractivity contribution in [1.29, 1.82) is 0 Å². The molecule has 1 aromatic rings. The predicted molar refractivity (Wildman–Crippen MR) is 74.3 cm³/mol. The van der Waals surface area contributed by atoms with E-state index in [1.54, 1.807) is 12.1 Å². The highest BCUT2D eigenvalue weighted by Crippen LogP contribution is 2.18. The van der Waals surface area contributed by atoms with E-state index in [4.69, 9.17) is 5.73 Å². The first-order chi connectivity index (χ1) is 8.67. The summed E-state index contributed by atoms with van der Waals surface area (Å²) in [5, 5.41) is 2.89. The summed E-state index contributed by atoms with van der Waals surface area (Å²) < 4.78 is 0. The highest BCUT2D eigenvalue weighted by molar-refractivity contribution is 5.92. The lowest BCUT2D eigenvalue weighted by atomic mass is 10.1. The quantitative estimate of drug-likeness (QED) is 0.799. The zero-order valence-electron chi connectivity index (χ0n) is 10.9. The number of anilines is 2. The Morgan fingerprint density at radius 2 is 2.17 bits per heavy atom. The second-order valence-corrected chi connectivity index (χ2v) is 4.97. The number of hydrogen-bond acceptors (Lipinski definition) is 3. The molecule has 1 aliphatic rings. The number of hydrogen-bond donors (Lipinski definition) is 2. The molecule has 1 unspecified atom stereocenters. The van der Waals surface area contributed by atoms with Gasteiger partial charge >= 0.3 is 0 Å². The zero-order valence-corrected chi connectivity index (χ0v) is 10.9. The van der Waals surface area contributed by atoms with Gasteiger partial charge in [-0.05, 0) is 43.1 Å². The van der Waals surface area contributed by atoms with Crippen molar-refractivity contribution in [1.82, 2.24) is 4.90 Å². The van der Waals surface area contributed by atoms with Gasteiger partial charge in [-0.1, -0.05) is 13.3 Å². The number of likely N-dealkylation sites (tertiary alicyclic amines) is 1. The van der Waals surface area contributed by atoms with Gasteiger partial charge in [0.25, 0.3) is 0 Å². The third-order valence-electron chi connectivity index (χ3n) is 3.51. The topological polar surface area (TPSA) is 58.4 Å². The van der Waals surface area contributed by atoms with Gasteiger partial charge in [0, 0.05) is 17.9 Å². The first-order valence-electron chi connectivity index (χ1n) is 6.55. The molecule has 1 aromatic carbocycles. The van der Waals surface area contributed by atoms with E-state index < -0.39 is 0 Å². The molecule has 0 aromatic heterocycles. The van der Waals surface area contributed by atoms with Gasteiger partial charge in [-0.25, -0.2) is 0 Å². The Kier molecular flexibility index (Phi) is 4.20. The molecule has 18 heavy (non-hydrogen) atoms. The monoisotopic (exact) mass is 247 g/mol. The number of nitrogens with one attached hydrogen (secondary N) is 1. The van der Waals surface area contributed by atoms with Crippen LogP contribution in [0.5, 0.6) is 0 Å². The first kappa shape index (κ1) is 12.9. The fraction of sp³-hybridized carbons (Fsp3) is 0.500. The van der Waals surface area contributed by atoms with E-state index in [0.29, 0.717) is 12.2 Å². The Bertz CT molecular complexity index is 402. The predicted octanol–water partition coefficient (Wildman–Crippen LogP) is 1.94. The molecule has 0 saturated carbocycles. The number of rotatable bonds is 4. The number of nitrogens with two attached hydrogens (primary N) is 1. The van der Waals surface area contributed by atoms with Crippen molar-refractivity contribution < 1.29 is 4.79 Å². The Hall–Kier alpha value is -1.55. The van der Waals surface area contributed by atoms with Crippen LogP contribution in [0.1, 0.15) is 19.8 Å². The fourth-order valence-corrected chi connectivity index (χ4v) is 2.36. The summed E-state index contributed by atoms with van der Waals surface area (Å²) in [6.45, 7) is 4.78. The van der Waals surface area contributed by atoms with Crippen molar-refractivity contribution >= 4 is 17.3 Å². The van der Waals surface area contributed by atoms with Crippen LogP contribution in [0.15, 0.2) is 24.3 Å². The third kappa shape index (κ3) is 3.47. The lowest BCUT2D eigenvalue weighted by molar-refractivity contribution is -0.117. The Morgan fingerprint density at radius 3 is 2.78 bits per heavy atom. The molecule has 0 spiro atoms. The van der Waals surface area contributed by atoms with Crippen molar-refractivity contribution in [2.24, 2.45) is 5.92 Å². The van der Waals surface area contributed by atoms with Gasteiger partial charge in [-0.15, -0.1) is 0 Å². The standard InChI is InChI=1S/C14H21N3O/c1-2-11-7-8-17(9-11)10-14(18)16-13-5-3-12(15)4-6-13/h3-6,11H,2,7-10,15H2,1H3,(H,16,18). The van der Waals surface area contributed by atoms with E-state index in [1.807, 2.05) is 12.1 Å². The zero-order chi connectivity index (χ0) is 13.0. The maximum absolute atomic E-state index is 11.9. The molecule has 4 nitrogen and oxygen atoms in total. The minimum absolute atomic E-state index is 0.0523. The van der Waals surface area contributed by atoms with Gasteiger partial charge in [-0.2, -0.15) is 0 Å². The molecule has 4 heteroatoms. The van der Waals surface area contributed by atoms with Crippen LogP contribution in [0.4, 0.5) is 11.4 Å². The molecule has 0 bridgehead atoms. The molecule has 98 valence electrons. The number of nitrogens with zero attached hydrogens (tertiary/aromatic N) is 1. The van der Waals surface area contributed by atoms with Gasteiger partial charge in [0.15, 0.2) is 0 Å². The van der Waals surface area contributed by atoms with Crippen LogP contribution in [0.3, 0.4) is 0 Å². The van der Waals surface area contributed by atoms with Crippen LogP contribution < -0.4 is 11.1 Å². The highest BCUT2D eigenvalue weighted by Gasteiger charge is 2.22. The Labute approximate surface area is 108 Å². The summed E-state index contributed by atoms with van der Waals surface area (Å²) in [7, 11) is 0. The summed E-state index contributed by atoms with van der Waals surface area (Å²) in [6.07, 6.45) is 2.42. The lowest BCUT2D eigenvalue weighted by Crippen LogP contribution is -2.31. The number of nitrogen functional groups attached to an aromatic ring is 1. The van der Waals surface area contributed by atoms with Gasteiger partial charge < -0.3 is 11.1 Å². The van der Waals surface area contributed by atoms with Crippen molar-refractivity contribution in [2.75, 3.05) is 30.7 Å². The third-order valence-corrected chi connectivity index (χ3v) is 3.51. The largest absolute Gasteiger partial charge is 0.399 e. The van der Waals surface area contributed by atoms with Crippen LogP contribution >= 0.6 is 0 Å². The van der Waals surface area contributed by atoms with Crippen molar-refractivity contribution in [2.45, 2.75) is 19.8 Å². The molecule has 1 amide bonds. The summed E-state index contributed by atoms with van der Waals surface area (Å²) in [5.41, 5.74) is 7.11. The summed E-state index contributed by atoms with van der Waals surface area (Å²) in [4.78, 5) is 14.1. The van der Waals surface area contributed by atoms with Gasteiger partial charge in [0.2, 0.25) is 5.91 Å². The van der Waals surface area contributed by atoms with Gasteiger partial charge in [0.05, 0.1) is 6.54 Å². The van der Waals surface area contributed by atoms with Crippen LogP contribution in [-0.2, 0) is 4.79 Å². The molecular formula is C14H21N3O. The average molecular weight is 247 g/mol. The molecule has 1 heterocycles. The van der Waals surface area contributed by atoms with E-state index in [0.717, 1.165) is 24.7 Å². The molecule has 1 atom stereocenters. The Morgan fingerprint density at radius 1 is 1.44 bits per heavy atom. The van der Waals surface area contributed by atoms with Crippen molar-refractivity contribution in [3.63, 3.8) is 0 Å². The van der Waals surface area contributed by atoms with E-state index in [1.165, 1.54) is 12.8 Å². The van der Waals surface area contributed by atoms with Gasteiger partial charge in [-0.3, -0.25) is 9.69 Å². The van der Waals surface area contributed by atoms with Crippen LogP contribution in [0.2, 0.25) is 0 Å². The van der Waals surface area contributed by atoms with E-state index >= 15 is 0 Å². The maximum Gasteiger partial charge on any atom is 0.238 e. The second-order valence-electron chi connectivity index (χ2n) is 4.97. The van der Waals surface area contributed by atoms with Crippen molar-refractivity contribution in [3.8, 4) is 0 Å². The first-order valence-corrected chi connectivity index (χ1v) is 6.55. The average Bonchev–Trinajstić information content (AvgIpc) is 2.79. The molecule has 1 saturated heterocycles. The maximum atomic E-state index is 11.9. The highest BCUT2D eigenvalue weighted by atomic mass is 16.2.